The van der Waals surface area contributed by atoms with Crippen molar-refractivity contribution in [3.05, 3.63) is 29.8 Å². The average molecular weight is 355 g/mol. The van der Waals surface area contributed by atoms with Crippen LogP contribution in [0.25, 0.3) is 0 Å². The Morgan fingerprint density at radius 1 is 1.08 bits per heavy atom. The number of para-hydroxylation sites is 1. The van der Waals surface area contributed by atoms with Crippen LogP contribution in [-0.4, -0.2) is 17.6 Å². The van der Waals surface area contributed by atoms with Gasteiger partial charge < -0.3 is 10.2 Å². The van der Waals surface area contributed by atoms with Gasteiger partial charge in [-0.1, -0.05) is 18.2 Å². The van der Waals surface area contributed by atoms with E-state index in [-0.39, 0.29) is 11.3 Å². The fourth-order valence-electron chi connectivity index (χ4n) is 6.43. The molecule has 1 aromatic carbocycles. The van der Waals surface area contributed by atoms with E-state index in [1.54, 1.807) is 0 Å². The highest BCUT2D eigenvalue weighted by atomic mass is 32.1. The quantitative estimate of drug-likeness (QED) is 0.772. The van der Waals surface area contributed by atoms with Crippen LogP contribution in [0, 0.1) is 23.2 Å². The van der Waals surface area contributed by atoms with Gasteiger partial charge in [0.2, 0.25) is 5.91 Å². The Morgan fingerprint density at radius 3 is 2.40 bits per heavy atom. The molecule has 4 heteroatoms. The van der Waals surface area contributed by atoms with Crippen molar-refractivity contribution in [2.75, 3.05) is 11.4 Å². The molecule has 1 aliphatic heterocycles. The van der Waals surface area contributed by atoms with Crippen molar-refractivity contribution in [2.45, 2.75) is 51.4 Å². The van der Waals surface area contributed by atoms with Gasteiger partial charge >= 0.3 is 0 Å². The van der Waals surface area contributed by atoms with E-state index in [1.165, 1.54) is 30.5 Å². The summed E-state index contributed by atoms with van der Waals surface area (Å²) in [7, 11) is 0. The van der Waals surface area contributed by atoms with E-state index in [0.29, 0.717) is 5.11 Å². The van der Waals surface area contributed by atoms with Crippen molar-refractivity contribution in [2.24, 2.45) is 23.2 Å². The molecule has 0 saturated heterocycles. The summed E-state index contributed by atoms with van der Waals surface area (Å²) in [4.78, 5) is 15.4. The molecule has 0 aromatic heterocycles. The summed E-state index contributed by atoms with van der Waals surface area (Å²) in [5, 5.41) is 3.77. The minimum atomic E-state index is -0.131. The Balaban J connectivity index is 1.34. The zero-order chi connectivity index (χ0) is 17.0. The Kier molecular flexibility index (Phi) is 3.67. The molecule has 5 aliphatic rings. The lowest BCUT2D eigenvalue weighted by atomic mass is 9.49. The molecular formula is C21H26N2OS. The molecule has 6 rings (SSSR count). The molecule has 1 heterocycles. The minimum absolute atomic E-state index is 0.131. The lowest BCUT2D eigenvalue weighted by Gasteiger charge is -2.55. The van der Waals surface area contributed by atoms with E-state index in [1.807, 2.05) is 0 Å². The van der Waals surface area contributed by atoms with Gasteiger partial charge in [0.05, 0.1) is 5.41 Å². The fourth-order valence-corrected chi connectivity index (χ4v) is 6.71. The van der Waals surface area contributed by atoms with Gasteiger partial charge in [-0.05, 0) is 93.0 Å². The maximum atomic E-state index is 13.2. The zero-order valence-corrected chi connectivity index (χ0v) is 15.5. The summed E-state index contributed by atoms with van der Waals surface area (Å²) in [6.45, 7) is 0.900. The van der Waals surface area contributed by atoms with Crippen LogP contribution in [0.3, 0.4) is 0 Å². The van der Waals surface area contributed by atoms with Crippen LogP contribution in [0.5, 0.6) is 0 Å². The van der Waals surface area contributed by atoms with Crippen molar-refractivity contribution >= 4 is 28.9 Å². The third-order valence-electron chi connectivity index (χ3n) is 7.10. The van der Waals surface area contributed by atoms with Crippen LogP contribution in [0.1, 0.15) is 50.5 Å². The van der Waals surface area contributed by atoms with E-state index in [9.17, 15) is 4.79 Å². The van der Waals surface area contributed by atoms with Gasteiger partial charge in [0.25, 0.3) is 0 Å². The van der Waals surface area contributed by atoms with Crippen molar-refractivity contribution in [1.29, 1.82) is 0 Å². The van der Waals surface area contributed by atoms with Crippen molar-refractivity contribution < 1.29 is 4.79 Å². The zero-order valence-electron chi connectivity index (χ0n) is 14.7. The number of benzene rings is 1. The molecule has 132 valence electrons. The average Bonchev–Trinajstić information content (AvgIpc) is 2.60. The minimum Gasteiger partial charge on any atom is -0.318 e. The third kappa shape index (κ3) is 2.61. The van der Waals surface area contributed by atoms with Crippen molar-refractivity contribution in [3.8, 4) is 0 Å². The van der Waals surface area contributed by atoms with Gasteiger partial charge in [0, 0.05) is 12.2 Å². The third-order valence-corrected chi connectivity index (χ3v) is 7.42. The highest BCUT2D eigenvalue weighted by Crippen LogP contribution is 2.60. The molecule has 0 unspecified atom stereocenters. The fraction of sp³-hybridized carbons (Fsp3) is 0.619. The summed E-state index contributed by atoms with van der Waals surface area (Å²) in [6, 6.07) is 8.43. The molecule has 0 spiro atoms. The Morgan fingerprint density at radius 2 is 1.72 bits per heavy atom. The SMILES string of the molecule is O=C(NC(=S)N1CCCc2ccccc21)C12CC3CC(CC(C3)C1)C2. The van der Waals surface area contributed by atoms with Crippen molar-refractivity contribution in [1.82, 2.24) is 5.32 Å². The van der Waals surface area contributed by atoms with Gasteiger partial charge in [-0.15, -0.1) is 0 Å². The number of aryl methyl sites for hydroxylation is 1. The first kappa shape index (κ1) is 15.8. The molecule has 1 aromatic rings. The number of anilines is 1. The predicted molar refractivity (Wildman–Crippen MR) is 103 cm³/mol. The van der Waals surface area contributed by atoms with Gasteiger partial charge in [-0.25, -0.2) is 0 Å². The van der Waals surface area contributed by atoms with Crippen LogP contribution in [0.4, 0.5) is 5.69 Å². The van der Waals surface area contributed by atoms with E-state index < -0.39 is 0 Å². The van der Waals surface area contributed by atoms with E-state index in [0.717, 1.165) is 56.4 Å². The topological polar surface area (TPSA) is 32.3 Å². The number of nitrogens with zero attached hydrogens (tertiary/aromatic N) is 1. The highest BCUT2D eigenvalue weighted by molar-refractivity contribution is 7.80. The number of hydrogen-bond donors (Lipinski definition) is 1. The second-order valence-electron chi connectivity index (χ2n) is 8.84. The second-order valence-corrected chi connectivity index (χ2v) is 9.23. The molecule has 0 atom stereocenters. The monoisotopic (exact) mass is 354 g/mol. The van der Waals surface area contributed by atoms with Gasteiger partial charge in [-0.2, -0.15) is 0 Å². The molecule has 1 N–H and O–H groups in total. The number of hydrogen-bond acceptors (Lipinski definition) is 2. The van der Waals surface area contributed by atoms with Crippen LogP contribution in [0.2, 0.25) is 0 Å². The standard InChI is InChI=1S/C21H26N2OS/c24-19(21-11-14-8-15(12-21)10-16(9-14)13-21)22-20(25)23-7-3-5-17-4-1-2-6-18(17)23/h1-2,4,6,14-16H,3,5,7-13H2,(H,22,24,25). The normalized spacial score (nSPS) is 35.4. The summed E-state index contributed by atoms with van der Waals surface area (Å²) >= 11 is 5.68. The molecule has 4 aliphatic carbocycles. The first-order chi connectivity index (χ1) is 12.1. The van der Waals surface area contributed by atoms with E-state index >= 15 is 0 Å². The lowest BCUT2D eigenvalue weighted by molar-refractivity contribution is -0.144. The summed E-state index contributed by atoms with van der Waals surface area (Å²) in [6.07, 6.45) is 9.52. The smallest absolute Gasteiger partial charge is 0.232 e. The Labute approximate surface area is 155 Å². The number of thiocarbonyl (C=S) groups is 1. The van der Waals surface area contributed by atoms with Gasteiger partial charge in [0.15, 0.2) is 5.11 Å². The van der Waals surface area contributed by atoms with E-state index in [2.05, 4.69) is 34.5 Å². The van der Waals surface area contributed by atoms with Crippen molar-refractivity contribution in [3.63, 3.8) is 0 Å². The number of nitrogens with one attached hydrogen (secondary N) is 1. The number of carbonyl (C=O) groups is 1. The summed E-state index contributed by atoms with van der Waals surface area (Å²) in [5.74, 6) is 2.54. The molecule has 3 nitrogen and oxygen atoms in total. The molecule has 25 heavy (non-hydrogen) atoms. The molecule has 0 radical (unpaired) electrons. The Hall–Kier alpha value is -1.42. The van der Waals surface area contributed by atoms with Crippen LogP contribution in [-0.2, 0) is 11.2 Å². The van der Waals surface area contributed by atoms with E-state index in [4.69, 9.17) is 12.2 Å². The first-order valence-corrected chi connectivity index (χ1v) is 10.2. The molecule has 1 amide bonds. The van der Waals surface area contributed by atoms with Crippen LogP contribution >= 0.6 is 12.2 Å². The maximum Gasteiger partial charge on any atom is 0.232 e. The summed E-state index contributed by atoms with van der Waals surface area (Å²) < 4.78 is 0. The predicted octanol–water partition coefficient (Wildman–Crippen LogP) is 4.06. The first-order valence-electron chi connectivity index (χ1n) is 9.84. The van der Waals surface area contributed by atoms with Gasteiger partial charge in [0.1, 0.15) is 0 Å². The Bertz CT molecular complexity index is 693. The number of fused-ring (bicyclic) bond motifs is 1. The highest BCUT2D eigenvalue weighted by Gasteiger charge is 2.54. The molecular weight excluding hydrogens is 328 g/mol. The van der Waals surface area contributed by atoms with Gasteiger partial charge in [-0.3, -0.25) is 4.79 Å². The second kappa shape index (κ2) is 5.80. The summed E-state index contributed by atoms with van der Waals surface area (Å²) in [5.41, 5.74) is 2.37. The molecule has 4 bridgehead atoms. The lowest BCUT2D eigenvalue weighted by Crippen LogP contribution is -2.56. The molecule has 4 fully saturated rings. The maximum absolute atomic E-state index is 13.2. The number of rotatable bonds is 1. The largest absolute Gasteiger partial charge is 0.318 e. The number of carbonyl (C=O) groups excluding carboxylic acids is 1. The molecule has 4 saturated carbocycles. The van der Waals surface area contributed by atoms with Crippen LogP contribution < -0.4 is 10.2 Å². The number of amides is 1. The van der Waals surface area contributed by atoms with Crippen LogP contribution in [0.15, 0.2) is 24.3 Å².